The Morgan fingerprint density at radius 2 is 2.22 bits per heavy atom. The van der Waals surface area contributed by atoms with E-state index in [1.54, 1.807) is 19.0 Å². The Balaban J connectivity index is 2.25. The number of carbonyl (C=O) groups is 2. The van der Waals surface area contributed by atoms with Gasteiger partial charge < -0.3 is 15.5 Å². The van der Waals surface area contributed by atoms with Crippen LogP contribution in [-0.4, -0.2) is 49.9 Å². The van der Waals surface area contributed by atoms with Crippen LogP contribution in [0.2, 0.25) is 0 Å². The molecule has 1 aliphatic heterocycles. The minimum absolute atomic E-state index is 0.0212. The molecule has 0 aromatic rings. The molecule has 0 radical (unpaired) electrons. The van der Waals surface area contributed by atoms with Crippen LogP contribution in [0.4, 0.5) is 0 Å². The second-order valence-corrected chi connectivity index (χ2v) is 5.12. The van der Waals surface area contributed by atoms with Gasteiger partial charge in [-0.25, -0.2) is 0 Å². The van der Waals surface area contributed by atoms with Gasteiger partial charge in [0.15, 0.2) is 0 Å². The number of carbonyl (C=O) groups excluding carboxylic acids is 2. The summed E-state index contributed by atoms with van der Waals surface area (Å²) in [5, 5.41) is 5.98. The van der Waals surface area contributed by atoms with Gasteiger partial charge in [-0.3, -0.25) is 9.59 Å². The Labute approximate surface area is 109 Å². The van der Waals surface area contributed by atoms with Gasteiger partial charge in [-0.1, -0.05) is 6.92 Å². The highest BCUT2D eigenvalue weighted by molar-refractivity contribution is 5.80. The summed E-state index contributed by atoms with van der Waals surface area (Å²) in [4.78, 5) is 25.0. The van der Waals surface area contributed by atoms with Gasteiger partial charge in [0.1, 0.15) is 0 Å². The van der Waals surface area contributed by atoms with E-state index in [1.807, 2.05) is 6.92 Å². The van der Waals surface area contributed by atoms with Gasteiger partial charge in [0.05, 0.1) is 5.92 Å². The van der Waals surface area contributed by atoms with Crippen LogP contribution in [0.15, 0.2) is 0 Å². The molecule has 2 N–H and O–H groups in total. The zero-order chi connectivity index (χ0) is 13.5. The number of hydrogen-bond acceptors (Lipinski definition) is 3. The lowest BCUT2D eigenvalue weighted by Crippen LogP contribution is -2.37. The molecule has 2 unspecified atom stereocenters. The molecule has 0 aliphatic carbocycles. The first-order valence-corrected chi connectivity index (χ1v) is 6.73. The molecular weight excluding hydrogens is 230 g/mol. The fraction of sp³-hybridized carbons (Fsp3) is 0.846. The first-order chi connectivity index (χ1) is 8.54. The number of hydrogen-bond donors (Lipinski definition) is 2. The molecule has 2 atom stereocenters. The number of nitrogens with one attached hydrogen (secondary N) is 2. The average Bonchev–Trinajstić information content (AvgIpc) is 2.87. The molecule has 0 spiro atoms. The molecule has 1 aliphatic rings. The van der Waals surface area contributed by atoms with Crippen molar-refractivity contribution in [3.63, 3.8) is 0 Å². The second-order valence-electron chi connectivity index (χ2n) is 5.12. The monoisotopic (exact) mass is 255 g/mol. The number of amides is 2. The molecule has 1 rings (SSSR count). The zero-order valence-electron chi connectivity index (χ0n) is 11.7. The zero-order valence-corrected chi connectivity index (χ0v) is 11.7. The lowest BCUT2D eigenvalue weighted by Gasteiger charge is -2.21. The normalized spacial score (nSPS) is 20.5. The van der Waals surface area contributed by atoms with Gasteiger partial charge in [-0.2, -0.15) is 0 Å². The predicted octanol–water partition coefficient (Wildman–Crippen LogP) is 0.359. The summed E-state index contributed by atoms with van der Waals surface area (Å²) >= 11 is 0. The predicted molar refractivity (Wildman–Crippen MR) is 71.1 cm³/mol. The van der Waals surface area contributed by atoms with Crippen molar-refractivity contribution in [2.24, 2.45) is 5.92 Å². The molecule has 104 valence electrons. The minimum atomic E-state index is -0.159. The van der Waals surface area contributed by atoms with Crippen molar-refractivity contribution in [1.29, 1.82) is 0 Å². The maximum atomic E-state index is 11.9. The van der Waals surface area contributed by atoms with E-state index in [0.29, 0.717) is 19.0 Å². The van der Waals surface area contributed by atoms with Crippen molar-refractivity contribution in [2.45, 2.75) is 38.6 Å². The van der Waals surface area contributed by atoms with Crippen molar-refractivity contribution in [3.8, 4) is 0 Å². The summed E-state index contributed by atoms with van der Waals surface area (Å²) in [5.74, 6) is -0.0554. The summed E-state index contributed by atoms with van der Waals surface area (Å²) in [5.41, 5.74) is 0. The topological polar surface area (TPSA) is 61.4 Å². The van der Waals surface area contributed by atoms with Gasteiger partial charge in [-0.15, -0.1) is 0 Å². The maximum Gasteiger partial charge on any atom is 0.224 e. The van der Waals surface area contributed by atoms with Crippen LogP contribution in [0.1, 0.15) is 32.6 Å². The van der Waals surface area contributed by atoms with Gasteiger partial charge in [0.2, 0.25) is 11.8 Å². The van der Waals surface area contributed by atoms with E-state index in [0.717, 1.165) is 13.0 Å². The smallest absolute Gasteiger partial charge is 0.224 e. The van der Waals surface area contributed by atoms with Crippen molar-refractivity contribution < 1.29 is 9.59 Å². The van der Waals surface area contributed by atoms with Crippen molar-refractivity contribution in [3.05, 3.63) is 0 Å². The van der Waals surface area contributed by atoms with E-state index >= 15 is 0 Å². The highest BCUT2D eigenvalue weighted by atomic mass is 16.2. The molecule has 18 heavy (non-hydrogen) atoms. The fourth-order valence-corrected chi connectivity index (χ4v) is 2.33. The average molecular weight is 255 g/mol. The molecule has 1 fully saturated rings. The Morgan fingerprint density at radius 3 is 2.78 bits per heavy atom. The standard InChI is InChI=1S/C13H25N3O2/c1-10(13(18)14-2)9-16(3)12(17)7-6-11-5-4-8-15-11/h10-11,15H,4-9H2,1-3H3,(H,14,18). The van der Waals surface area contributed by atoms with Crippen LogP contribution >= 0.6 is 0 Å². The molecule has 5 heteroatoms. The lowest BCUT2D eigenvalue weighted by atomic mass is 10.1. The Morgan fingerprint density at radius 1 is 1.50 bits per heavy atom. The first kappa shape index (κ1) is 15.0. The van der Waals surface area contributed by atoms with E-state index < -0.39 is 0 Å². The molecular formula is C13H25N3O2. The molecule has 0 aromatic heterocycles. The van der Waals surface area contributed by atoms with Gasteiger partial charge in [0.25, 0.3) is 0 Å². The van der Waals surface area contributed by atoms with Crippen LogP contribution < -0.4 is 10.6 Å². The number of rotatable bonds is 6. The maximum absolute atomic E-state index is 11.9. The Kier molecular flexibility index (Phi) is 6.12. The first-order valence-electron chi connectivity index (χ1n) is 6.73. The van der Waals surface area contributed by atoms with Crippen molar-refractivity contribution in [1.82, 2.24) is 15.5 Å². The third-order valence-corrected chi connectivity index (χ3v) is 3.54. The van der Waals surface area contributed by atoms with Gasteiger partial charge in [-0.05, 0) is 25.8 Å². The van der Waals surface area contributed by atoms with Crippen LogP contribution in [0.5, 0.6) is 0 Å². The summed E-state index contributed by atoms with van der Waals surface area (Å²) in [7, 11) is 3.39. The second kappa shape index (κ2) is 7.36. The summed E-state index contributed by atoms with van der Waals surface area (Å²) in [6, 6.07) is 0.499. The van der Waals surface area contributed by atoms with Crippen LogP contribution in [-0.2, 0) is 9.59 Å². The van der Waals surface area contributed by atoms with Crippen LogP contribution in [0.25, 0.3) is 0 Å². The van der Waals surface area contributed by atoms with E-state index in [1.165, 1.54) is 12.8 Å². The summed E-state index contributed by atoms with van der Waals surface area (Å²) in [6.07, 6.45) is 3.85. The molecule has 1 heterocycles. The number of nitrogens with zero attached hydrogens (tertiary/aromatic N) is 1. The highest BCUT2D eigenvalue weighted by Gasteiger charge is 2.19. The van der Waals surface area contributed by atoms with Gasteiger partial charge in [0, 0.05) is 33.1 Å². The van der Waals surface area contributed by atoms with E-state index in [4.69, 9.17) is 0 Å². The largest absolute Gasteiger partial charge is 0.359 e. The van der Waals surface area contributed by atoms with Crippen molar-refractivity contribution >= 4 is 11.8 Å². The molecule has 0 aromatic carbocycles. The lowest BCUT2D eigenvalue weighted by molar-refractivity contribution is -0.132. The van der Waals surface area contributed by atoms with E-state index in [-0.39, 0.29) is 17.7 Å². The third kappa shape index (κ3) is 4.64. The van der Waals surface area contributed by atoms with E-state index in [9.17, 15) is 9.59 Å². The summed E-state index contributed by atoms with van der Waals surface area (Å²) < 4.78 is 0. The summed E-state index contributed by atoms with van der Waals surface area (Å²) in [6.45, 7) is 3.39. The molecule has 2 amide bonds. The van der Waals surface area contributed by atoms with E-state index in [2.05, 4.69) is 10.6 Å². The minimum Gasteiger partial charge on any atom is -0.359 e. The van der Waals surface area contributed by atoms with Gasteiger partial charge >= 0.3 is 0 Å². The highest BCUT2D eigenvalue weighted by Crippen LogP contribution is 2.12. The molecule has 0 saturated carbocycles. The molecule has 0 bridgehead atoms. The Bertz CT molecular complexity index is 288. The molecule has 1 saturated heterocycles. The van der Waals surface area contributed by atoms with Crippen LogP contribution in [0, 0.1) is 5.92 Å². The SMILES string of the molecule is CNC(=O)C(C)CN(C)C(=O)CCC1CCCN1. The quantitative estimate of drug-likeness (QED) is 0.720. The molecule has 5 nitrogen and oxygen atoms in total. The third-order valence-electron chi connectivity index (χ3n) is 3.54. The fourth-order valence-electron chi connectivity index (χ4n) is 2.33. The van der Waals surface area contributed by atoms with Crippen molar-refractivity contribution in [2.75, 3.05) is 27.2 Å². The Hall–Kier alpha value is -1.10. The van der Waals surface area contributed by atoms with Crippen LogP contribution in [0.3, 0.4) is 0 Å².